The lowest BCUT2D eigenvalue weighted by Gasteiger charge is -2.08. The lowest BCUT2D eigenvalue weighted by molar-refractivity contribution is 0.102. The van der Waals surface area contributed by atoms with Crippen molar-refractivity contribution < 1.29 is 9.18 Å². The highest BCUT2D eigenvalue weighted by atomic mass is 79.9. The highest BCUT2D eigenvalue weighted by Crippen LogP contribution is 2.22. The van der Waals surface area contributed by atoms with Crippen molar-refractivity contribution in [1.29, 1.82) is 0 Å². The van der Waals surface area contributed by atoms with Crippen molar-refractivity contribution in [3.05, 3.63) is 76.9 Å². The van der Waals surface area contributed by atoms with Crippen LogP contribution in [0.2, 0.25) is 0 Å². The maximum atomic E-state index is 13.2. The van der Waals surface area contributed by atoms with Gasteiger partial charge in [-0.2, -0.15) is 0 Å². The van der Waals surface area contributed by atoms with Gasteiger partial charge in [0.15, 0.2) is 0 Å². The van der Waals surface area contributed by atoms with Crippen LogP contribution >= 0.6 is 15.9 Å². The fourth-order valence-corrected chi connectivity index (χ4v) is 2.40. The van der Waals surface area contributed by atoms with Crippen molar-refractivity contribution in [3.8, 4) is 0 Å². The molecule has 0 atom stereocenters. The Morgan fingerprint density at radius 2 is 1.88 bits per heavy atom. The molecule has 2 N–H and O–H groups in total. The maximum absolute atomic E-state index is 13.2. The van der Waals surface area contributed by atoms with Crippen LogP contribution in [-0.4, -0.2) is 15.9 Å². The minimum Gasteiger partial charge on any atom is -0.340 e. The Kier molecular flexibility index (Phi) is 4.81. The Morgan fingerprint density at radius 1 is 1.04 bits per heavy atom. The second-order valence-corrected chi connectivity index (χ2v) is 5.71. The molecule has 3 rings (SSSR count). The number of anilines is 3. The third-order valence-electron chi connectivity index (χ3n) is 3.12. The molecule has 0 bridgehead atoms. The molecular formula is C17H12BrFN4O. The molecule has 1 amide bonds. The van der Waals surface area contributed by atoms with Gasteiger partial charge >= 0.3 is 0 Å². The second kappa shape index (κ2) is 7.18. The normalized spacial score (nSPS) is 10.2. The quantitative estimate of drug-likeness (QED) is 0.698. The highest BCUT2D eigenvalue weighted by Gasteiger charge is 2.11. The summed E-state index contributed by atoms with van der Waals surface area (Å²) < 4.78 is 14.0. The zero-order valence-electron chi connectivity index (χ0n) is 12.3. The third kappa shape index (κ3) is 3.94. The van der Waals surface area contributed by atoms with E-state index in [1.54, 1.807) is 18.2 Å². The van der Waals surface area contributed by atoms with Crippen LogP contribution in [0.1, 0.15) is 10.5 Å². The number of amides is 1. The van der Waals surface area contributed by atoms with Crippen LogP contribution in [0.15, 0.2) is 65.4 Å². The number of halogens is 2. The molecule has 0 aliphatic carbocycles. The summed E-state index contributed by atoms with van der Waals surface area (Å²) in [7, 11) is 0. The van der Waals surface area contributed by atoms with E-state index in [9.17, 15) is 9.18 Å². The molecule has 1 aromatic heterocycles. The van der Waals surface area contributed by atoms with E-state index < -0.39 is 0 Å². The van der Waals surface area contributed by atoms with Crippen LogP contribution in [-0.2, 0) is 0 Å². The van der Waals surface area contributed by atoms with Gasteiger partial charge in [0.05, 0.1) is 5.69 Å². The third-order valence-corrected chi connectivity index (χ3v) is 3.81. The average Bonchev–Trinajstić information content (AvgIpc) is 2.57. The van der Waals surface area contributed by atoms with Gasteiger partial charge in [0.1, 0.15) is 23.7 Å². The van der Waals surface area contributed by atoms with E-state index in [2.05, 4.69) is 36.5 Å². The number of benzene rings is 2. The number of carbonyl (C=O) groups is 1. The van der Waals surface area contributed by atoms with Crippen LogP contribution in [0.3, 0.4) is 0 Å². The number of para-hydroxylation sites is 1. The molecule has 0 aliphatic heterocycles. The molecule has 120 valence electrons. The fraction of sp³-hybridized carbons (Fsp3) is 0. The summed E-state index contributed by atoms with van der Waals surface area (Å²) in [6.45, 7) is 0. The number of aromatic nitrogens is 2. The smallest absolute Gasteiger partial charge is 0.274 e. The van der Waals surface area contributed by atoms with Crippen LogP contribution in [0.4, 0.5) is 21.6 Å². The summed E-state index contributed by atoms with van der Waals surface area (Å²) in [4.78, 5) is 20.3. The Balaban J connectivity index is 1.77. The Labute approximate surface area is 146 Å². The molecule has 0 fully saturated rings. The van der Waals surface area contributed by atoms with E-state index in [-0.39, 0.29) is 17.4 Å². The van der Waals surface area contributed by atoms with Gasteiger partial charge < -0.3 is 10.6 Å². The molecule has 5 nitrogen and oxygen atoms in total. The summed E-state index contributed by atoms with van der Waals surface area (Å²) in [6, 6.07) is 14.7. The van der Waals surface area contributed by atoms with Crippen molar-refractivity contribution in [2.45, 2.75) is 0 Å². The van der Waals surface area contributed by atoms with Gasteiger partial charge in [-0.1, -0.05) is 18.2 Å². The van der Waals surface area contributed by atoms with Gasteiger partial charge in [0.2, 0.25) is 0 Å². The molecule has 0 spiro atoms. The first-order chi connectivity index (χ1) is 11.6. The first kappa shape index (κ1) is 16.1. The predicted octanol–water partition coefficient (Wildman–Crippen LogP) is 4.37. The van der Waals surface area contributed by atoms with Gasteiger partial charge in [-0.15, -0.1) is 0 Å². The number of hydrogen-bond donors (Lipinski definition) is 2. The van der Waals surface area contributed by atoms with Gasteiger partial charge in [-0.25, -0.2) is 14.4 Å². The molecule has 24 heavy (non-hydrogen) atoms. The van der Waals surface area contributed by atoms with E-state index in [0.29, 0.717) is 17.2 Å². The number of rotatable bonds is 4. The molecule has 0 saturated carbocycles. The van der Waals surface area contributed by atoms with Crippen LogP contribution < -0.4 is 10.6 Å². The molecule has 2 aromatic carbocycles. The fourth-order valence-electron chi connectivity index (χ4n) is 2.01. The first-order valence-electron chi connectivity index (χ1n) is 7.02. The van der Waals surface area contributed by atoms with E-state index in [0.717, 1.165) is 4.47 Å². The molecule has 0 unspecified atom stereocenters. The highest BCUT2D eigenvalue weighted by molar-refractivity contribution is 9.10. The van der Waals surface area contributed by atoms with Gasteiger partial charge in [-0.05, 0) is 46.3 Å². The van der Waals surface area contributed by atoms with Gasteiger partial charge in [0, 0.05) is 16.2 Å². The van der Waals surface area contributed by atoms with E-state index >= 15 is 0 Å². The molecule has 0 saturated heterocycles. The summed E-state index contributed by atoms with van der Waals surface area (Å²) >= 11 is 3.37. The predicted molar refractivity (Wildman–Crippen MR) is 93.8 cm³/mol. The van der Waals surface area contributed by atoms with Crippen molar-refractivity contribution >= 4 is 39.0 Å². The lowest BCUT2D eigenvalue weighted by atomic mass is 10.3. The first-order valence-corrected chi connectivity index (χ1v) is 7.81. The summed E-state index contributed by atoms with van der Waals surface area (Å²) in [5.41, 5.74) is 1.37. The summed E-state index contributed by atoms with van der Waals surface area (Å²) in [5, 5.41) is 5.70. The van der Waals surface area contributed by atoms with Crippen molar-refractivity contribution in [1.82, 2.24) is 9.97 Å². The topological polar surface area (TPSA) is 66.9 Å². The van der Waals surface area contributed by atoms with Crippen LogP contribution in [0.5, 0.6) is 0 Å². The Hall–Kier alpha value is -2.80. The molecular weight excluding hydrogens is 375 g/mol. The number of nitrogens with zero attached hydrogens (tertiary/aromatic N) is 2. The second-order valence-electron chi connectivity index (χ2n) is 4.86. The van der Waals surface area contributed by atoms with Gasteiger partial charge in [0.25, 0.3) is 5.91 Å². The summed E-state index contributed by atoms with van der Waals surface area (Å²) in [5.74, 6) is -0.333. The van der Waals surface area contributed by atoms with Crippen molar-refractivity contribution in [2.75, 3.05) is 10.6 Å². The zero-order chi connectivity index (χ0) is 16.9. The Bertz CT molecular complexity index is 888. The van der Waals surface area contributed by atoms with Gasteiger partial charge in [-0.3, -0.25) is 4.79 Å². The Morgan fingerprint density at radius 3 is 2.67 bits per heavy atom. The monoisotopic (exact) mass is 386 g/mol. The number of carbonyl (C=O) groups excluding carboxylic acids is 1. The van der Waals surface area contributed by atoms with Crippen LogP contribution in [0, 0.1) is 5.82 Å². The molecule has 3 aromatic rings. The average molecular weight is 387 g/mol. The van der Waals surface area contributed by atoms with Crippen molar-refractivity contribution in [2.24, 2.45) is 0 Å². The maximum Gasteiger partial charge on any atom is 0.274 e. The van der Waals surface area contributed by atoms with Crippen LogP contribution in [0.25, 0.3) is 0 Å². The molecule has 1 heterocycles. The van der Waals surface area contributed by atoms with E-state index in [4.69, 9.17) is 0 Å². The standard InChI is InChI=1S/C17H12BrFN4O/c18-13-6-1-2-7-14(13)23-17(24)15-9-16(21-10-20-15)22-12-5-3-4-11(19)8-12/h1-10H,(H,23,24)(H,20,21,22). The summed E-state index contributed by atoms with van der Waals surface area (Å²) in [6.07, 6.45) is 1.27. The molecule has 0 aliphatic rings. The molecule has 0 radical (unpaired) electrons. The minimum absolute atomic E-state index is 0.194. The SMILES string of the molecule is O=C(Nc1ccccc1Br)c1cc(Nc2cccc(F)c2)ncn1. The van der Waals surface area contributed by atoms with E-state index in [1.807, 2.05) is 18.2 Å². The lowest BCUT2D eigenvalue weighted by Crippen LogP contribution is -2.14. The van der Waals surface area contributed by atoms with E-state index in [1.165, 1.54) is 24.5 Å². The number of nitrogens with one attached hydrogen (secondary N) is 2. The number of hydrogen-bond acceptors (Lipinski definition) is 4. The molecule has 7 heteroatoms. The van der Waals surface area contributed by atoms with Crippen molar-refractivity contribution in [3.63, 3.8) is 0 Å². The minimum atomic E-state index is -0.369. The largest absolute Gasteiger partial charge is 0.340 e. The zero-order valence-corrected chi connectivity index (χ0v) is 13.9.